The fraction of sp³-hybridized carbons (Fsp3) is 0.909. The monoisotopic (exact) mass is 210 g/mol. The summed E-state index contributed by atoms with van der Waals surface area (Å²) in [5.74, 6) is 2.54. The number of amides is 1. The first-order chi connectivity index (χ1) is 7.15. The van der Waals surface area contributed by atoms with Gasteiger partial charge in [-0.15, -0.1) is 0 Å². The minimum Gasteiger partial charge on any atom is -0.464 e. The van der Waals surface area contributed by atoms with Crippen molar-refractivity contribution in [2.75, 3.05) is 0 Å². The van der Waals surface area contributed by atoms with Crippen molar-refractivity contribution in [1.29, 1.82) is 0 Å². The SMILES string of the molecule is O=C(O)NNC12CC3CC(CC(C3)C1)C2. The molecule has 4 saturated carbocycles. The molecule has 4 aliphatic carbocycles. The van der Waals surface area contributed by atoms with E-state index < -0.39 is 6.09 Å². The van der Waals surface area contributed by atoms with Crippen LogP contribution in [-0.4, -0.2) is 16.7 Å². The molecule has 0 spiro atoms. The number of hydrogen-bond donors (Lipinski definition) is 3. The molecule has 4 fully saturated rings. The zero-order valence-electron chi connectivity index (χ0n) is 8.83. The zero-order chi connectivity index (χ0) is 10.5. The van der Waals surface area contributed by atoms with Gasteiger partial charge in [-0.1, -0.05) is 0 Å². The molecule has 0 unspecified atom stereocenters. The van der Waals surface area contributed by atoms with Gasteiger partial charge < -0.3 is 5.11 Å². The third-order valence-corrected chi connectivity index (χ3v) is 4.47. The van der Waals surface area contributed by atoms with Gasteiger partial charge in [-0.05, 0) is 56.3 Å². The Balaban J connectivity index is 1.72. The smallest absolute Gasteiger partial charge is 0.419 e. The molecule has 1 amide bonds. The zero-order valence-corrected chi connectivity index (χ0v) is 8.83. The molecule has 4 nitrogen and oxygen atoms in total. The summed E-state index contributed by atoms with van der Waals surface area (Å²) in [6.07, 6.45) is 6.68. The summed E-state index contributed by atoms with van der Waals surface area (Å²) < 4.78 is 0. The molecule has 3 N–H and O–H groups in total. The molecule has 0 atom stereocenters. The van der Waals surface area contributed by atoms with Crippen molar-refractivity contribution in [3.05, 3.63) is 0 Å². The number of rotatable bonds is 2. The Morgan fingerprint density at radius 3 is 1.93 bits per heavy atom. The number of carboxylic acid groups (broad SMARTS) is 1. The molecule has 0 aromatic rings. The van der Waals surface area contributed by atoms with E-state index in [9.17, 15) is 4.79 Å². The first kappa shape index (κ1) is 9.46. The van der Waals surface area contributed by atoms with Gasteiger partial charge in [0.15, 0.2) is 0 Å². The lowest BCUT2D eigenvalue weighted by molar-refractivity contribution is -0.0258. The Morgan fingerprint density at radius 1 is 1.07 bits per heavy atom. The number of hydrogen-bond acceptors (Lipinski definition) is 2. The Kier molecular flexibility index (Phi) is 1.96. The molecule has 4 bridgehead atoms. The number of nitrogens with one attached hydrogen (secondary N) is 2. The van der Waals surface area contributed by atoms with Crippen LogP contribution in [0.3, 0.4) is 0 Å². The van der Waals surface area contributed by atoms with Crippen LogP contribution in [0.15, 0.2) is 0 Å². The van der Waals surface area contributed by atoms with E-state index in [0.717, 1.165) is 17.8 Å². The van der Waals surface area contributed by atoms with Gasteiger partial charge in [-0.3, -0.25) is 5.43 Å². The highest BCUT2D eigenvalue weighted by atomic mass is 16.4. The van der Waals surface area contributed by atoms with E-state index in [0.29, 0.717) is 0 Å². The topological polar surface area (TPSA) is 61.4 Å². The highest BCUT2D eigenvalue weighted by Crippen LogP contribution is 2.55. The fourth-order valence-electron chi connectivity index (χ4n) is 4.45. The fourth-order valence-corrected chi connectivity index (χ4v) is 4.45. The standard InChI is InChI=1S/C11H18N2O2/c14-10(15)12-13-11-4-7-1-8(5-11)3-9(2-7)6-11/h7-9,12-13H,1-6H2,(H,14,15). The lowest BCUT2D eigenvalue weighted by Gasteiger charge is -2.56. The van der Waals surface area contributed by atoms with Gasteiger partial charge in [0.2, 0.25) is 0 Å². The summed E-state index contributed by atoms with van der Waals surface area (Å²) in [5.41, 5.74) is 5.54. The van der Waals surface area contributed by atoms with Crippen LogP contribution in [0, 0.1) is 17.8 Å². The average molecular weight is 210 g/mol. The molecule has 0 radical (unpaired) electrons. The largest absolute Gasteiger partial charge is 0.464 e. The van der Waals surface area contributed by atoms with E-state index in [1.54, 1.807) is 0 Å². The van der Waals surface area contributed by atoms with E-state index in [1.807, 2.05) is 0 Å². The number of carbonyl (C=O) groups is 1. The Labute approximate surface area is 89.4 Å². The molecule has 4 heteroatoms. The van der Waals surface area contributed by atoms with Crippen LogP contribution in [0.4, 0.5) is 4.79 Å². The third kappa shape index (κ3) is 1.61. The predicted octanol–water partition coefficient (Wildman–Crippen LogP) is 1.73. The van der Waals surface area contributed by atoms with Gasteiger partial charge in [-0.2, -0.15) is 0 Å². The van der Waals surface area contributed by atoms with Crippen LogP contribution in [0.5, 0.6) is 0 Å². The molecule has 84 valence electrons. The molecule has 0 aliphatic heterocycles. The van der Waals surface area contributed by atoms with E-state index in [1.165, 1.54) is 38.5 Å². The van der Waals surface area contributed by atoms with Gasteiger partial charge in [0.1, 0.15) is 0 Å². The first-order valence-corrected chi connectivity index (χ1v) is 5.91. The maximum absolute atomic E-state index is 10.5. The van der Waals surface area contributed by atoms with Crippen LogP contribution in [0.2, 0.25) is 0 Å². The van der Waals surface area contributed by atoms with Gasteiger partial charge in [0.05, 0.1) is 0 Å². The molecule has 0 heterocycles. The van der Waals surface area contributed by atoms with Crippen LogP contribution in [-0.2, 0) is 0 Å². The van der Waals surface area contributed by atoms with Crippen molar-refractivity contribution in [1.82, 2.24) is 10.9 Å². The van der Waals surface area contributed by atoms with Gasteiger partial charge >= 0.3 is 6.09 Å². The van der Waals surface area contributed by atoms with E-state index in [4.69, 9.17) is 5.11 Å². The molecule has 0 aromatic carbocycles. The van der Waals surface area contributed by atoms with Gasteiger partial charge in [0, 0.05) is 5.54 Å². The van der Waals surface area contributed by atoms with Crippen LogP contribution < -0.4 is 10.9 Å². The maximum Gasteiger partial charge on any atom is 0.419 e. The second-order valence-corrected chi connectivity index (χ2v) is 5.75. The predicted molar refractivity (Wildman–Crippen MR) is 55.2 cm³/mol. The van der Waals surface area contributed by atoms with Crippen LogP contribution in [0.1, 0.15) is 38.5 Å². The van der Waals surface area contributed by atoms with Gasteiger partial charge in [-0.25, -0.2) is 10.2 Å². The Hall–Kier alpha value is -0.770. The van der Waals surface area contributed by atoms with Crippen molar-refractivity contribution in [3.8, 4) is 0 Å². The highest BCUT2D eigenvalue weighted by molar-refractivity contribution is 5.63. The van der Waals surface area contributed by atoms with Crippen molar-refractivity contribution in [2.45, 2.75) is 44.1 Å². The molecule has 0 aromatic heterocycles. The Morgan fingerprint density at radius 2 is 1.53 bits per heavy atom. The van der Waals surface area contributed by atoms with Crippen molar-refractivity contribution >= 4 is 6.09 Å². The summed E-state index contributed by atoms with van der Waals surface area (Å²) in [4.78, 5) is 10.5. The van der Waals surface area contributed by atoms with E-state index >= 15 is 0 Å². The molecule has 4 aliphatic rings. The van der Waals surface area contributed by atoms with E-state index in [2.05, 4.69) is 10.9 Å². The molecule has 4 rings (SSSR count). The summed E-state index contributed by atoms with van der Waals surface area (Å²) in [5, 5.41) is 8.64. The second kappa shape index (κ2) is 3.11. The minimum atomic E-state index is -0.967. The van der Waals surface area contributed by atoms with Crippen LogP contribution >= 0.6 is 0 Å². The van der Waals surface area contributed by atoms with Crippen molar-refractivity contribution in [3.63, 3.8) is 0 Å². The first-order valence-electron chi connectivity index (χ1n) is 5.91. The lowest BCUT2D eigenvalue weighted by atomic mass is 9.53. The summed E-state index contributed by atoms with van der Waals surface area (Å²) in [7, 11) is 0. The highest BCUT2D eigenvalue weighted by Gasteiger charge is 2.51. The lowest BCUT2D eigenvalue weighted by Crippen LogP contribution is -2.62. The quantitative estimate of drug-likeness (QED) is 0.608. The van der Waals surface area contributed by atoms with E-state index in [-0.39, 0.29) is 5.54 Å². The third-order valence-electron chi connectivity index (χ3n) is 4.47. The maximum atomic E-state index is 10.5. The van der Waals surface area contributed by atoms with Crippen LogP contribution in [0.25, 0.3) is 0 Å². The molecule has 15 heavy (non-hydrogen) atoms. The average Bonchev–Trinajstić information content (AvgIpc) is 2.12. The van der Waals surface area contributed by atoms with Crippen molar-refractivity contribution < 1.29 is 9.90 Å². The minimum absolute atomic E-state index is 0.0904. The molecular formula is C11H18N2O2. The second-order valence-electron chi connectivity index (χ2n) is 5.75. The summed E-state index contributed by atoms with van der Waals surface area (Å²) in [6, 6.07) is 0. The molecule has 0 saturated heterocycles. The summed E-state index contributed by atoms with van der Waals surface area (Å²) in [6.45, 7) is 0. The normalized spacial score (nSPS) is 46.8. The van der Waals surface area contributed by atoms with Gasteiger partial charge in [0.25, 0.3) is 0 Å². The number of hydrazine groups is 1. The molecular weight excluding hydrogens is 192 g/mol. The Bertz CT molecular complexity index is 255. The van der Waals surface area contributed by atoms with Crippen molar-refractivity contribution in [2.24, 2.45) is 17.8 Å². The summed E-state index contributed by atoms with van der Waals surface area (Å²) >= 11 is 0.